The average molecular weight is 344 g/mol. The van der Waals surface area contributed by atoms with E-state index in [9.17, 15) is 14.4 Å². The summed E-state index contributed by atoms with van der Waals surface area (Å²) in [6.07, 6.45) is -0.00105. The molecule has 25 heavy (non-hydrogen) atoms. The van der Waals surface area contributed by atoms with E-state index in [2.05, 4.69) is 15.8 Å². The molecule has 0 saturated carbocycles. The molecular formula is C18H24N4O3. The predicted molar refractivity (Wildman–Crippen MR) is 95.2 cm³/mol. The number of benzene rings is 1. The molecule has 0 spiro atoms. The molecule has 1 aliphatic rings. The average Bonchev–Trinajstić information content (AvgIpc) is 2.73. The largest absolute Gasteiger partial charge is 0.325 e. The summed E-state index contributed by atoms with van der Waals surface area (Å²) >= 11 is 0. The van der Waals surface area contributed by atoms with Crippen LogP contribution in [0.15, 0.2) is 23.3 Å². The normalized spacial score (nSPS) is 16.8. The molecule has 0 aliphatic carbocycles. The molecule has 2 rings (SSSR count). The Hall–Kier alpha value is -2.70. The maximum atomic E-state index is 12.0. The number of urea groups is 1. The fraction of sp³-hybridized carbons (Fsp3) is 0.444. The monoisotopic (exact) mass is 344 g/mol. The topological polar surface area (TPSA) is 90.9 Å². The summed E-state index contributed by atoms with van der Waals surface area (Å²) < 4.78 is 0. The third kappa shape index (κ3) is 4.23. The molecule has 1 aromatic rings. The van der Waals surface area contributed by atoms with E-state index in [0.29, 0.717) is 5.71 Å². The van der Waals surface area contributed by atoms with Crippen molar-refractivity contribution in [1.29, 1.82) is 0 Å². The molecule has 0 bridgehead atoms. The fourth-order valence-electron chi connectivity index (χ4n) is 2.47. The minimum absolute atomic E-state index is 0.00105. The van der Waals surface area contributed by atoms with Gasteiger partial charge in [0.25, 0.3) is 5.91 Å². The first-order valence-corrected chi connectivity index (χ1v) is 8.16. The smallest absolute Gasteiger partial charge is 0.324 e. The molecule has 4 amide bonds. The van der Waals surface area contributed by atoms with E-state index >= 15 is 0 Å². The van der Waals surface area contributed by atoms with E-state index in [4.69, 9.17) is 0 Å². The van der Waals surface area contributed by atoms with Gasteiger partial charge in [-0.15, -0.1) is 0 Å². The van der Waals surface area contributed by atoms with Crippen molar-refractivity contribution >= 4 is 23.6 Å². The summed E-state index contributed by atoms with van der Waals surface area (Å²) in [5.41, 5.74) is 5.51. The molecule has 0 radical (unpaired) electrons. The van der Waals surface area contributed by atoms with E-state index in [1.54, 1.807) is 13.8 Å². The van der Waals surface area contributed by atoms with Crippen molar-refractivity contribution in [2.45, 2.75) is 46.6 Å². The Balaban J connectivity index is 1.91. The molecule has 1 heterocycles. The number of imide groups is 1. The number of rotatable bonds is 5. The molecule has 134 valence electrons. The van der Waals surface area contributed by atoms with Gasteiger partial charge in [0.15, 0.2) is 0 Å². The maximum absolute atomic E-state index is 12.0. The zero-order valence-corrected chi connectivity index (χ0v) is 15.3. The van der Waals surface area contributed by atoms with Crippen LogP contribution in [0, 0.1) is 13.8 Å². The second kappa shape index (κ2) is 7.04. The third-order valence-corrected chi connectivity index (χ3v) is 4.28. The van der Waals surface area contributed by atoms with Crippen LogP contribution in [0.3, 0.4) is 0 Å². The highest BCUT2D eigenvalue weighted by molar-refractivity contribution is 6.06. The van der Waals surface area contributed by atoms with Crippen LogP contribution >= 0.6 is 0 Å². The van der Waals surface area contributed by atoms with Gasteiger partial charge in [0, 0.05) is 13.0 Å². The van der Waals surface area contributed by atoms with E-state index < -0.39 is 11.6 Å². The minimum atomic E-state index is -0.925. The zero-order chi connectivity index (χ0) is 18.8. The Morgan fingerprint density at radius 2 is 1.92 bits per heavy atom. The number of hydrazone groups is 1. The van der Waals surface area contributed by atoms with Gasteiger partial charge in [-0.2, -0.15) is 5.10 Å². The maximum Gasteiger partial charge on any atom is 0.325 e. The van der Waals surface area contributed by atoms with Gasteiger partial charge in [-0.3, -0.25) is 14.5 Å². The number of aryl methyl sites for hydroxylation is 2. The van der Waals surface area contributed by atoms with Crippen LogP contribution in [0.4, 0.5) is 4.79 Å². The predicted octanol–water partition coefficient (Wildman–Crippen LogP) is 1.86. The Bertz CT molecular complexity index is 753. The highest BCUT2D eigenvalue weighted by Gasteiger charge is 2.43. The lowest BCUT2D eigenvalue weighted by Gasteiger charge is -2.15. The van der Waals surface area contributed by atoms with E-state index in [1.165, 1.54) is 5.56 Å². The SMILES string of the molecule is C/C(=N/NC(=O)CCN1C(=O)NC(C)(C)C1=O)c1ccc(C)c(C)c1. The fourth-order valence-corrected chi connectivity index (χ4v) is 2.47. The Kier molecular flexibility index (Phi) is 5.25. The molecule has 0 atom stereocenters. The van der Waals surface area contributed by atoms with Crippen molar-refractivity contribution in [3.63, 3.8) is 0 Å². The van der Waals surface area contributed by atoms with Crippen LogP contribution in [0.5, 0.6) is 0 Å². The van der Waals surface area contributed by atoms with Crippen LogP contribution < -0.4 is 10.7 Å². The number of nitrogens with one attached hydrogen (secondary N) is 2. The quantitative estimate of drug-likeness (QED) is 0.485. The van der Waals surface area contributed by atoms with Gasteiger partial charge in [0.2, 0.25) is 5.91 Å². The van der Waals surface area contributed by atoms with Gasteiger partial charge in [0.05, 0.1) is 5.71 Å². The first-order valence-electron chi connectivity index (χ1n) is 8.16. The highest BCUT2D eigenvalue weighted by atomic mass is 16.2. The second-order valence-electron chi connectivity index (χ2n) is 6.79. The molecule has 1 saturated heterocycles. The molecule has 0 aromatic heterocycles. The third-order valence-electron chi connectivity index (χ3n) is 4.28. The number of nitrogens with zero attached hydrogens (tertiary/aromatic N) is 2. The number of hydrogen-bond acceptors (Lipinski definition) is 4. The van der Waals surface area contributed by atoms with Crippen LogP contribution in [-0.2, 0) is 9.59 Å². The second-order valence-corrected chi connectivity index (χ2v) is 6.79. The molecule has 2 N–H and O–H groups in total. The molecule has 1 aliphatic heterocycles. The first-order chi connectivity index (χ1) is 11.6. The Morgan fingerprint density at radius 1 is 1.24 bits per heavy atom. The summed E-state index contributed by atoms with van der Waals surface area (Å²) in [6.45, 7) is 9.15. The van der Waals surface area contributed by atoms with Crippen molar-refractivity contribution in [3.8, 4) is 0 Å². The van der Waals surface area contributed by atoms with E-state index in [1.807, 2.05) is 39.0 Å². The number of carbonyl (C=O) groups excluding carboxylic acids is 3. The molecule has 1 fully saturated rings. The number of hydrogen-bond donors (Lipinski definition) is 2. The van der Waals surface area contributed by atoms with Crippen LogP contribution in [0.2, 0.25) is 0 Å². The molecule has 7 heteroatoms. The van der Waals surface area contributed by atoms with Crippen LogP contribution in [-0.4, -0.2) is 40.5 Å². The van der Waals surface area contributed by atoms with Gasteiger partial charge >= 0.3 is 6.03 Å². The van der Waals surface area contributed by atoms with Crippen molar-refractivity contribution < 1.29 is 14.4 Å². The van der Waals surface area contributed by atoms with Crippen LogP contribution in [0.25, 0.3) is 0 Å². The van der Waals surface area contributed by atoms with Gasteiger partial charge in [-0.05, 0) is 57.4 Å². The molecule has 1 aromatic carbocycles. The van der Waals surface area contributed by atoms with E-state index in [0.717, 1.165) is 16.0 Å². The lowest BCUT2D eigenvalue weighted by Crippen LogP contribution is -2.40. The first kappa shape index (κ1) is 18.6. The number of carbonyl (C=O) groups is 3. The summed E-state index contributed by atoms with van der Waals surface area (Å²) in [7, 11) is 0. The lowest BCUT2D eigenvalue weighted by molar-refractivity contribution is -0.130. The van der Waals surface area contributed by atoms with Gasteiger partial charge in [-0.25, -0.2) is 10.2 Å². The summed E-state index contributed by atoms with van der Waals surface area (Å²) in [5.74, 6) is -0.686. The van der Waals surface area contributed by atoms with Crippen molar-refractivity contribution in [1.82, 2.24) is 15.6 Å². The number of amides is 4. The zero-order valence-electron chi connectivity index (χ0n) is 15.3. The summed E-state index contributed by atoms with van der Waals surface area (Å²) in [6, 6.07) is 5.49. The molecule has 7 nitrogen and oxygen atoms in total. The van der Waals surface area contributed by atoms with Crippen molar-refractivity contribution in [2.75, 3.05) is 6.54 Å². The van der Waals surface area contributed by atoms with Gasteiger partial charge < -0.3 is 5.32 Å². The van der Waals surface area contributed by atoms with Crippen molar-refractivity contribution in [2.24, 2.45) is 5.10 Å². The standard InChI is InChI=1S/C18H24N4O3/c1-11-6-7-14(10-12(11)2)13(3)20-21-15(23)8-9-22-16(24)18(4,5)19-17(22)25/h6-7,10H,8-9H2,1-5H3,(H,19,25)(H,21,23)/b20-13-. The van der Waals surface area contributed by atoms with Gasteiger partial charge in [0.1, 0.15) is 5.54 Å². The molecular weight excluding hydrogens is 320 g/mol. The molecule has 0 unspecified atom stereocenters. The summed E-state index contributed by atoms with van der Waals surface area (Å²) in [5, 5.41) is 6.67. The Morgan fingerprint density at radius 3 is 2.48 bits per heavy atom. The summed E-state index contributed by atoms with van der Waals surface area (Å²) in [4.78, 5) is 36.8. The highest BCUT2D eigenvalue weighted by Crippen LogP contribution is 2.16. The van der Waals surface area contributed by atoms with Crippen LogP contribution in [0.1, 0.15) is 43.9 Å². The minimum Gasteiger partial charge on any atom is -0.324 e. The lowest BCUT2D eigenvalue weighted by atomic mass is 10.0. The van der Waals surface area contributed by atoms with Crippen molar-refractivity contribution in [3.05, 3.63) is 34.9 Å². The van der Waals surface area contributed by atoms with Gasteiger partial charge in [-0.1, -0.05) is 12.1 Å². The van der Waals surface area contributed by atoms with E-state index in [-0.39, 0.29) is 24.8 Å². The Labute approximate surface area is 147 Å².